The van der Waals surface area contributed by atoms with Crippen molar-refractivity contribution in [1.82, 2.24) is 0 Å². The zero-order chi connectivity index (χ0) is 19.7. The highest BCUT2D eigenvalue weighted by atomic mass is 79.9. The molecule has 0 aromatic heterocycles. The average Bonchev–Trinajstić information content (AvgIpc) is 2.75. The molecule has 3 aromatic rings. The first-order valence-electron chi connectivity index (χ1n) is 9.08. The highest BCUT2D eigenvalue weighted by Crippen LogP contribution is 2.75. The first-order chi connectivity index (χ1) is 13.5. The van der Waals surface area contributed by atoms with Gasteiger partial charge in [0.15, 0.2) is 0 Å². The van der Waals surface area contributed by atoms with Crippen LogP contribution >= 0.6 is 37.5 Å². The van der Waals surface area contributed by atoms with Crippen LogP contribution in [0.4, 0.5) is 0 Å². The van der Waals surface area contributed by atoms with Crippen LogP contribution in [0.3, 0.4) is 0 Å². The third-order valence-corrected chi connectivity index (χ3v) is 18.9. The second-order valence-electron chi connectivity index (χ2n) is 6.95. The van der Waals surface area contributed by atoms with Crippen molar-refractivity contribution in [2.75, 3.05) is 18.4 Å². The summed E-state index contributed by atoms with van der Waals surface area (Å²) in [5, 5.41) is 4.44. The largest absolute Gasteiger partial charge is 0.232 e. The van der Waals surface area contributed by atoms with Crippen molar-refractivity contribution in [1.29, 1.82) is 0 Å². The SMILES string of the molecule is CP1(c2ccccc2)=NP(C)(c2ccccc2)=NP(CBr)(c2ccccc2)=N1. The number of hydrogen-bond donors (Lipinski definition) is 0. The van der Waals surface area contributed by atoms with E-state index in [1.807, 2.05) is 0 Å². The van der Waals surface area contributed by atoms with Gasteiger partial charge in [0.2, 0.25) is 0 Å². The lowest BCUT2D eigenvalue weighted by molar-refractivity contribution is 1.61. The molecule has 3 aromatic carbocycles. The number of nitrogens with zero attached hydrogens (tertiary/aromatic N) is 3. The quantitative estimate of drug-likeness (QED) is 0.281. The molecule has 1 aliphatic rings. The lowest BCUT2D eigenvalue weighted by atomic mass is 10.4. The number of halogens is 1. The maximum atomic E-state index is 5.49. The van der Waals surface area contributed by atoms with Gasteiger partial charge in [-0.2, -0.15) is 0 Å². The Morgan fingerprint density at radius 3 is 1.39 bits per heavy atom. The summed E-state index contributed by atoms with van der Waals surface area (Å²) in [5.41, 5.74) is 0. The fourth-order valence-electron chi connectivity index (χ4n) is 3.48. The van der Waals surface area contributed by atoms with E-state index in [4.69, 9.17) is 13.5 Å². The van der Waals surface area contributed by atoms with Crippen molar-refractivity contribution in [3.05, 3.63) is 91.0 Å². The molecule has 0 fully saturated rings. The van der Waals surface area contributed by atoms with E-state index in [9.17, 15) is 0 Å². The second-order valence-corrected chi connectivity index (χ2v) is 17.5. The first-order valence-corrected chi connectivity index (χ1v) is 16.4. The molecule has 3 unspecified atom stereocenters. The van der Waals surface area contributed by atoms with Gasteiger partial charge in [-0.25, -0.2) is 13.5 Å². The Hall–Kier alpha value is -1.17. The molecule has 0 aliphatic carbocycles. The van der Waals surface area contributed by atoms with Crippen LogP contribution in [0.5, 0.6) is 0 Å². The Morgan fingerprint density at radius 1 is 0.571 bits per heavy atom. The van der Waals surface area contributed by atoms with E-state index in [1.54, 1.807) is 0 Å². The van der Waals surface area contributed by atoms with Crippen LogP contribution in [-0.4, -0.2) is 18.4 Å². The summed E-state index contributed by atoms with van der Waals surface area (Å²) >= 11 is 3.81. The van der Waals surface area contributed by atoms with Crippen LogP contribution in [0.25, 0.3) is 0 Å². The molecular weight excluding hydrogens is 467 g/mol. The zero-order valence-electron chi connectivity index (χ0n) is 15.9. The number of benzene rings is 3. The molecule has 1 aliphatic heterocycles. The third kappa shape index (κ3) is 3.69. The van der Waals surface area contributed by atoms with Gasteiger partial charge in [0, 0.05) is 15.9 Å². The van der Waals surface area contributed by atoms with Gasteiger partial charge in [0.25, 0.3) is 0 Å². The Balaban J connectivity index is 2.11. The molecule has 7 heteroatoms. The maximum Gasteiger partial charge on any atom is 0.119 e. The molecule has 28 heavy (non-hydrogen) atoms. The lowest BCUT2D eigenvalue weighted by Gasteiger charge is -2.34. The van der Waals surface area contributed by atoms with Crippen molar-refractivity contribution in [2.45, 2.75) is 0 Å². The van der Waals surface area contributed by atoms with Crippen molar-refractivity contribution >= 4 is 53.5 Å². The van der Waals surface area contributed by atoms with Gasteiger partial charge in [0.05, 0.1) is 5.07 Å². The Labute approximate surface area is 176 Å². The van der Waals surface area contributed by atoms with Gasteiger partial charge in [-0.3, -0.25) is 0 Å². The summed E-state index contributed by atoms with van der Waals surface area (Å²) in [6.07, 6.45) is 0. The topological polar surface area (TPSA) is 37.1 Å². The van der Waals surface area contributed by atoms with E-state index < -0.39 is 21.6 Å². The van der Waals surface area contributed by atoms with E-state index in [0.29, 0.717) is 0 Å². The molecular formula is C21H23BrN3P3. The summed E-state index contributed by atoms with van der Waals surface area (Å²) in [7, 11) is -6.29. The number of alkyl halides is 1. The molecule has 0 N–H and O–H groups in total. The smallest absolute Gasteiger partial charge is 0.119 e. The summed E-state index contributed by atoms with van der Waals surface area (Å²) in [6.45, 7) is 4.50. The standard InChI is InChI=1S/C21H23BrN3P3/c1-26(19-12-6-3-7-13-19)23-27(2,20-14-8-4-9-15-20)25-28(18-22,24-26)21-16-10-5-11-17-21/h3-17H,18H2,1-2H3. The summed E-state index contributed by atoms with van der Waals surface area (Å²) in [6, 6.07) is 31.8. The third-order valence-electron chi connectivity index (χ3n) is 4.82. The van der Waals surface area contributed by atoms with Crippen LogP contribution in [0.2, 0.25) is 0 Å². The van der Waals surface area contributed by atoms with E-state index >= 15 is 0 Å². The molecule has 3 nitrogen and oxygen atoms in total. The molecule has 0 saturated heterocycles. The fraction of sp³-hybridized carbons (Fsp3) is 0.143. The van der Waals surface area contributed by atoms with Crippen molar-refractivity contribution < 1.29 is 0 Å². The monoisotopic (exact) mass is 489 g/mol. The summed E-state index contributed by atoms with van der Waals surface area (Å²) < 4.78 is 16.4. The van der Waals surface area contributed by atoms with Crippen LogP contribution in [0, 0.1) is 0 Å². The van der Waals surface area contributed by atoms with Gasteiger partial charge in [-0.1, -0.05) is 107 Å². The minimum Gasteiger partial charge on any atom is -0.232 e. The maximum absolute atomic E-state index is 5.49. The van der Waals surface area contributed by atoms with Gasteiger partial charge >= 0.3 is 0 Å². The van der Waals surface area contributed by atoms with Gasteiger partial charge < -0.3 is 0 Å². The fourth-order valence-corrected chi connectivity index (χ4v) is 20.0. The molecule has 0 radical (unpaired) electrons. The van der Waals surface area contributed by atoms with Gasteiger partial charge in [-0.05, 0) is 13.3 Å². The van der Waals surface area contributed by atoms with E-state index in [2.05, 4.69) is 120 Å². The Bertz CT molecular complexity index is 1100. The molecule has 3 atom stereocenters. The van der Waals surface area contributed by atoms with Crippen molar-refractivity contribution in [3.63, 3.8) is 0 Å². The van der Waals surface area contributed by atoms with Gasteiger partial charge in [-0.15, -0.1) is 0 Å². The zero-order valence-corrected chi connectivity index (χ0v) is 20.2. The number of rotatable bonds is 4. The highest BCUT2D eigenvalue weighted by Gasteiger charge is 2.34. The molecule has 0 bridgehead atoms. The predicted octanol–water partition coefficient (Wildman–Crippen LogP) is 6.94. The van der Waals surface area contributed by atoms with E-state index in [1.165, 1.54) is 15.9 Å². The molecule has 4 rings (SSSR count). The minimum absolute atomic E-state index is 0.754. The predicted molar refractivity (Wildman–Crippen MR) is 132 cm³/mol. The molecule has 0 saturated carbocycles. The Morgan fingerprint density at radius 2 is 0.964 bits per heavy atom. The Kier molecular flexibility index (Phi) is 5.69. The van der Waals surface area contributed by atoms with E-state index in [-0.39, 0.29) is 0 Å². The minimum atomic E-state index is -2.13. The molecule has 0 amide bonds. The summed E-state index contributed by atoms with van der Waals surface area (Å²) in [5.74, 6) is 0. The van der Waals surface area contributed by atoms with Crippen LogP contribution in [-0.2, 0) is 0 Å². The summed E-state index contributed by atoms with van der Waals surface area (Å²) in [4.78, 5) is 0. The lowest BCUT2D eigenvalue weighted by Crippen LogP contribution is -2.12. The normalized spacial score (nSPS) is 29.2. The van der Waals surface area contributed by atoms with Gasteiger partial charge in [0.1, 0.15) is 21.6 Å². The van der Waals surface area contributed by atoms with Crippen LogP contribution < -0.4 is 15.9 Å². The van der Waals surface area contributed by atoms with E-state index in [0.717, 1.165) is 5.07 Å². The highest BCUT2D eigenvalue weighted by molar-refractivity contribution is 9.10. The second kappa shape index (κ2) is 7.92. The van der Waals surface area contributed by atoms with Crippen molar-refractivity contribution in [2.24, 2.45) is 13.5 Å². The average molecular weight is 490 g/mol. The molecule has 1 heterocycles. The molecule has 144 valence electrons. The first kappa shape index (κ1) is 20.1. The molecule has 0 spiro atoms. The number of hydrogen-bond acceptors (Lipinski definition) is 3. The van der Waals surface area contributed by atoms with Crippen LogP contribution in [0.15, 0.2) is 105 Å². The van der Waals surface area contributed by atoms with Crippen LogP contribution in [0.1, 0.15) is 0 Å². The van der Waals surface area contributed by atoms with Crippen molar-refractivity contribution in [3.8, 4) is 0 Å².